The molecule has 0 fully saturated rings. The van der Waals surface area contributed by atoms with Crippen LogP contribution in [0.4, 0.5) is 0 Å². The molecule has 0 saturated carbocycles. The van der Waals surface area contributed by atoms with E-state index in [0.717, 1.165) is 11.1 Å². The fraction of sp³-hybridized carbons (Fsp3) is 0.136. The Kier molecular flexibility index (Phi) is 5.44. The molecule has 0 aliphatic carbocycles. The molecule has 2 aromatic carbocycles. The van der Waals surface area contributed by atoms with Gasteiger partial charge in [0.25, 0.3) is 5.91 Å². The van der Waals surface area contributed by atoms with Crippen molar-refractivity contribution < 1.29 is 4.79 Å². The SMILES string of the molecule is C[C@H](NC(=O)c1nnn(Cc2ccccc2Cl)c1-n1cccc1)c1ccccc1. The highest BCUT2D eigenvalue weighted by Gasteiger charge is 2.23. The maximum atomic E-state index is 13.0. The molecule has 1 atom stereocenters. The topological polar surface area (TPSA) is 64.7 Å². The quantitative estimate of drug-likeness (QED) is 0.521. The summed E-state index contributed by atoms with van der Waals surface area (Å²) >= 11 is 6.31. The van der Waals surface area contributed by atoms with Gasteiger partial charge in [0, 0.05) is 17.4 Å². The molecule has 0 spiro atoms. The molecular formula is C22H20ClN5O. The van der Waals surface area contributed by atoms with Crippen LogP contribution < -0.4 is 5.32 Å². The lowest BCUT2D eigenvalue weighted by Crippen LogP contribution is -2.28. The molecule has 1 N–H and O–H groups in total. The Bertz CT molecular complexity index is 1110. The number of nitrogens with zero attached hydrogens (tertiary/aromatic N) is 4. The molecule has 0 aliphatic heterocycles. The summed E-state index contributed by atoms with van der Waals surface area (Å²) in [4.78, 5) is 13.0. The Morgan fingerprint density at radius 2 is 1.72 bits per heavy atom. The lowest BCUT2D eigenvalue weighted by atomic mass is 10.1. The number of carbonyl (C=O) groups is 1. The van der Waals surface area contributed by atoms with Gasteiger partial charge in [-0.15, -0.1) is 5.10 Å². The van der Waals surface area contributed by atoms with Crippen LogP contribution in [0.1, 0.15) is 34.6 Å². The maximum absolute atomic E-state index is 13.0. The van der Waals surface area contributed by atoms with Gasteiger partial charge in [0.1, 0.15) is 0 Å². The number of carbonyl (C=O) groups excluding carboxylic acids is 1. The van der Waals surface area contributed by atoms with Crippen LogP contribution in [0.3, 0.4) is 0 Å². The van der Waals surface area contributed by atoms with Crippen LogP contribution in [-0.2, 0) is 6.54 Å². The van der Waals surface area contributed by atoms with Gasteiger partial charge in [-0.25, -0.2) is 4.68 Å². The van der Waals surface area contributed by atoms with Gasteiger partial charge in [-0.2, -0.15) is 0 Å². The number of halogens is 1. The largest absolute Gasteiger partial charge is 0.344 e. The summed E-state index contributed by atoms with van der Waals surface area (Å²) in [5.74, 6) is 0.308. The van der Waals surface area contributed by atoms with Gasteiger partial charge in [-0.1, -0.05) is 65.3 Å². The second kappa shape index (κ2) is 8.32. The van der Waals surface area contributed by atoms with Crippen molar-refractivity contribution in [3.8, 4) is 5.82 Å². The van der Waals surface area contributed by atoms with E-state index in [1.165, 1.54) is 0 Å². The summed E-state index contributed by atoms with van der Waals surface area (Å²) in [6.45, 7) is 2.35. The summed E-state index contributed by atoms with van der Waals surface area (Å²) in [5.41, 5.74) is 2.18. The number of hydrogen-bond donors (Lipinski definition) is 1. The van der Waals surface area contributed by atoms with Crippen LogP contribution in [0, 0.1) is 0 Å². The molecule has 6 nitrogen and oxygen atoms in total. The van der Waals surface area contributed by atoms with Crippen molar-refractivity contribution >= 4 is 17.5 Å². The van der Waals surface area contributed by atoms with Crippen molar-refractivity contribution in [2.75, 3.05) is 0 Å². The second-order valence-electron chi connectivity index (χ2n) is 6.71. The van der Waals surface area contributed by atoms with Gasteiger partial charge in [0.05, 0.1) is 12.6 Å². The van der Waals surface area contributed by atoms with Crippen LogP contribution >= 0.6 is 11.6 Å². The van der Waals surface area contributed by atoms with Gasteiger partial charge in [-0.05, 0) is 36.2 Å². The molecule has 0 saturated heterocycles. The minimum absolute atomic E-state index is 0.157. The third-order valence-electron chi connectivity index (χ3n) is 4.70. The zero-order chi connectivity index (χ0) is 20.2. The summed E-state index contributed by atoms with van der Waals surface area (Å²) in [6, 6.07) is 21.0. The smallest absolute Gasteiger partial charge is 0.276 e. The standard InChI is InChI=1S/C22H20ClN5O/c1-16(17-9-3-2-4-10-17)24-21(29)20-22(27-13-7-8-14-27)28(26-25-20)15-18-11-5-6-12-19(18)23/h2-14,16H,15H2,1H3,(H,24,29)/t16-/m0/s1. The van der Waals surface area contributed by atoms with E-state index in [1.54, 1.807) is 4.68 Å². The maximum Gasteiger partial charge on any atom is 0.276 e. The normalized spacial score (nSPS) is 11.9. The fourth-order valence-corrected chi connectivity index (χ4v) is 3.37. The Balaban J connectivity index is 1.66. The van der Waals surface area contributed by atoms with Crippen molar-refractivity contribution in [3.63, 3.8) is 0 Å². The first kappa shape index (κ1) is 19.0. The van der Waals surface area contributed by atoms with E-state index in [0.29, 0.717) is 17.4 Å². The zero-order valence-electron chi connectivity index (χ0n) is 15.9. The van der Waals surface area contributed by atoms with Crippen LogP contribution in [0.15, 0.2) is 79.1 Å². The summed E-state index contributed by atoms with van der Waals surface area (Å²) < 4.78 is 3.52. The van der Waals surface area contributed by atoms with E-state index < -0.39 is 0 Å². The molecule has 0 bridgehead atoms. The van der Waals surface area contributed by atoms with Crippen molar-refractivity contribution in [1.82, 2.24) is 24.9 Å². The van der Waals surface area contributed by atoms with Crippen molar-refractivity contribution in [3.05, 3.63) is 101 Å². The summed E-state index contributed by atoms with van der Waals surface area (Å²) in [6.07, 6.45) is 3.72. The Morgan fingerprint density at radius 1 is 1.03 bits per heavy atom. The fourth-order valence-electron chi connectivity index (χ4n) is 3.17. The van der Waals surface area contributed by atoms with Crippen LogP contribution in [0.2, 0.25) is 5.02 Å². The lowest BCUT2D eigenvalue weighted by Gasteiger charge is -2.14. The third-order valence-corrected chi connectivity index (χ3v) is 5.07. The molecule has 7 heteroatoms. The van der Waals surface area contributed by atoms with Crippen molar-refractivity contribution in [2.45, 2.75) is 19.5 Å². The molecule has 4 rings (SSSR count). The predicted octanol–water partition coefficient (Wildman–Crippen LogP) is 4.26. The van der Waals surface area contributed by atoms with Crippen LogP contribution in [0.5, 0.6) is 0 Å². The van der Waals surface area contributed by atoms with Crippen molar-refractivity contribution in [2.24, 2.45) is 0 Å². The molecule has 1 amide bonds. The van der Waals surface area contributed by atoms with E-state index in [-0.39, 0.29) is 17.6 Å². The van der Waals surface area contributed by atoms with Crippen LogP contribution in [-0.4, -0.2) is 25.5 Å². The minimum atomic E-state index is -0.282. The summed E-state index contributed by atoms with van der Waals surface area (Å²) in [5, 5.41) is 12.1. The first-order valence-electron chi connectivity index (χ1n) is 9.29. The molecule has 0 radical (unpaired) electrons. The molecule has 2 aromatic heterocycles. The number of aromatic nitrogens is 4. The molecular weight excluding hydrogens is 386 g/mol. The van der Waals surface area contributed by atoms with E-state index in [2.05, 4.69) is 15.6 Å². The zero-order valence-corrected chi connectivity index (χ0v) is 16.6. The highest BCUT2D eigenvalue weighted by atomic mass is 35.5. The van der Waals surface area contributed by atoms with E-state index in [4.69, 9.17) is 11.6 Å². The van der Waals surface area contributed by atoms with Gasteiger partial charge in [-0.3, -0.25) is 4.79 Å². The Hall–Kier alpha value is -3.38. The highest BCUT2D eigenvalue weighted by Crippen LogP contribution is 2.20. The van der Waals surface area contributed by atoms with Crippen molar-refractivity contribution in [1.29, 1.82) is 0 Å². The average molecular weight is 406 g/mol. The summed E-state index contributed by atoms with van der Waals surface area (Å²) in [7, 11) is 0. The van der Waals surface area contributed by atoms with E-state index in [1.807, 2.05) is 90.6 Å². The van der Waals surface area contributed by atoms with E-state index >= 15 is 0 Å². The minimum Gasteiger partial charge on any atom is -0.344 e. The van der Waals surface area contributed by atoms with Gasteiger partial charge in [0.15, 0.2) is 11.5 Å². The van der Waals surface area contributed by atoms with Crippen LogP contribution in [0.25, 0.3) is 5.82 Å². The number of benzene rings is 2. The van der Waals surface area contributed by atoms with Gasteiger partial charge >= 0.3 is 0 Å². The molecule has 146 valence electrons. The highest BCUT2D eigenvalue weighted by molar-refractivity contribution is 6.31. The Labute approximate surface area is 173 Å². The molecule has 29 heavy (non-hydrogen) atoms. The van der Waals surface area contributed by atoms with Gasteiger partial charge in [0.2, 0.25) is 0 Å². The molecule has 2 heterocycles. The first-order chi connectivity index (χ1) is 14.1. The number of amides is 1. The Morgan fingerprint density at radius 3 is 2.45 bits per heavy atom. The second-order valence-corrected chi connectivity index (χ2v) is 7.11. The lowest BCUT2D eigenvalue weighted by molar-refractivity contribution is 0.0934. The first-order valence-corrected chi connectivity index (χ1v) is 9.67. The monoisotopic (exact) mass is 405 g/mol. The predicted molar refractivity (Wildman–Crippen MR) is 112 cm³/mol. The molecule has 0 aliphatic rings. The number of rotatable bonds is 6. The number of hydrogen-bond acceptors (Lipinski definition) is 3. The van der Waals surface area contributed by atoms with E-state index in [9.17, 15) is 4.79 Å². The van der Waals surface area contributed by atoms with Gasteiger partial charge < -0.3 is 9.88 Å². The number of nitrogens with one attached hydrogen (secondary N) is 1. The molecule has 4 aromatic rings. The third kappa shape index (κ3) is 4.07. The molecule has 0 unspecified atom stereocenters. The average Bonchev–Trinajstić information content (AvgIpc) is 3.40.